The maximum atomic E-state index is 2.52. The van der Waals surface area contributed by atoms with Crippen LogP contribution in [0.25, 0.3) is 0 Å². The molecule has 0 rings (SSSR count). The van der Waals surface area contributed by atoms with E-state index >= 15 is 0 Å². The first kappa shape index (κ1) is 61.4. The number of hydrogen-bond acceptors (Lipinski definition) is 0. The van der Waals surface area contributed by atoms with Crippen LogP contribution in [0.4, 0.5) is 0 Å². The first-order valence-corrected chi connectivity index (χ1v) is 32.6. The van der Waals surface area contributed by atoms with Crippen LogP contribution in [-0.4, -0.2) is 24.6 Å². The Kier molecular flexibility index (Phi) is 55.1. The van der Waals surface area contributed by atoms with E-state index in [1.165, 1.54) is 315 Å². The van der Waals surface area contributed by atoms with Crippen molar-refractivity contribution in [1.82, 2.24) is 0 Å². The zero-order chi connectivity index (χ0) is 44.1. The Morgan fingerprint density at radius 3 is 0.393 bits per heavy atom. The van der Waals surface area contributed by atoms with Crippen LogP contribution < -0.4 is 0 Å². The molecule has 0 bridgehead atoms. The van der Waals surface area contributed by atoms with Crippen LogP contribution in [0, 0.1) is 0 Å². The summed E-state index contributed by atoms with van der Waals surface area (Å²) in [6, 6.07) is 0. The summed E-state index contributed by atoms with van der Waals surface area (Å²) in [6.07, 6.45) is 84.1. The molecule has 0 saturated heterocycles. The zero-order valence-electron chi connectivity index (χ0n) is 44.0. The molecule has 0 aliphatic heterocycles. The van der Waals surface area contributed by atoms with Crippen LogP contribution in [-0.2, 0) is 0 Å². The van der Waals surface area contributed by atoms with Crippen molar-refractivity contribution in [2.45, 2.75) is 362 Å². The summed E-state index contributed by atoms with van der Waals surface area (Å²) in [5.41, 5.74) is 0. The van der Waals surface area contributed by atoms with E-state index in [0.29, 0.717) is 0 Å². The van der Waals surface area contributed by atoms with Crippen molar-refractivity contribution in [3.8, 4) is 0 Å². The Balaban J connectivity index is 4.30. The lowest BCUT2D eigenvalue weighted by atomic mass is 10.0. The van der Waals surface area contributed by atoms with Gasteiger partial charge in [0, 0.05) is 7.26 Å². The van der Waals surface area contributed by atoms with Gasteiger partial charge in [0.05, 0.1) is 24.6 Å². The van der Waals surface area contributed by atoms with Gasteiger partial charge < -0.3 is 0 Å². The van der Waals surface area contributed by atoms with Crippen LogP contribution in [0.3, 0.4) is 0 Å². The standard InChI is InChI=1S/C60H124P/c1-5-9-12-15-18-21-24-27-30-33-36-39-42-45-48-51-54-58-61(57-8-4,59-55-52-49-46-43-40-37-34-31-28-25-22-19-16-13-10-6-2)60-56-53-50-47-44-41-38-35-32-29-26-23-20-17-14-11-7-3/h5-60H2,1-4H3/q+1. The smallest absolute Gasteiger partial charge is 0.0594 e. The monoisotopic (exact) mass is 876 g/mol. The summed E-state index contributed by atoms with van der Waals surface area (Å²) in [7, 11) is -0.766. The third-order valence-corrected chi connectivity index (χ3v) is 20.1. The molecule has 368 valence electrons. The average Bonchev–Trinajstić information content (AvgIpc) is 3.27. The SMILES string of the molecule is CCCCCCCCCCCCCCCCCCC[P+](CCC)(CCCCCCCCCCCCCCCCCCC)CCCCCCCCCCCCCCCCCCC. The van der Waals surface area contributed by atoms with Crippen molar-refractivity contribution in [3.05, 3.63) is 0 Å². The van der Waals surface area contributed by atoms with E-state index in [2.05, 4.69) is 27.7 Å². The predicted octanol–water partition coefficient (Wildman–Crippen LogP) is 23.4. The van der Waals surface area contributed by atoms with Crippen molar-refractivity contribution in [2.24, 2.45) is 0 Å². The van der Waals surface area contributed by atoms with Crippen molar-refractivity contribution in [2.75, 3.05) is 24.6 Å². The van der Waals surface area contributed by atoms with Crippen molar-refractivity contribution in [3.63, 3.8) is 0 Å². The van der Waals surface area contributed by atoms with Crippen molar-refractivity contribution < 1.29 is 0 Å². The van der Waals surface area contributed by atoms with Gasteiger partial charge in [-0.15, -0.1) is 0 Å². The molecule has 0 aliphatic rings. The van der Waals surface area contributed by atoms with Gasteiger partial charge in [-0.05, 0) is 44.9 Å². The third kappa shape index (κ3) is 49.7. The lowest BCUT2D eigenvalue weighted by Gasteiger charge is -2.28. The topological polar surface area (TPSA) is 0 Å². The summed E-state index contributed by atoms with van der Waals surface area (Å²) in [5.74, 6) is 0. The Morgan fingerprint density at radius 1 is 0.131 bits per heavy atom. The molecule has 0 amide bonds. The maximum absolute atomic E-state index is 2.52. The minimum Gasteiger partial charge on any atom is -0.0654 e. The molecule has 0 saturated carbocycles. The van der Waals surface area contributed by atoms with Gasteiger partial charge in [-0.3, -0.25) is 0 Å². The highest BCUT2D eigenvalue weighted by molar-refractivity contribution is 7.75. The van der Waals surface area contributed by atoms with Gasteiger partial charge in [-0.25, -0.2) is 0 Å². The largest absolute Gasteiger partial charge is 0.0654 e. The second-order valence-corrected chi connectivity index (χ2v) is 25.7. The molecule has 0 atom stereocenters. The lowest BCUT2D eigenvalue weighted by molar-refractivity contribution is 0.528. The highest BCUT2D eigenvalue weighted by atomic mass is 31.2. The fraction of sp³-hybridized carbons (Fsp3) is 1.00. The van der Waals surface area contributed by atoms with Crippen LogP contribution >= 0.6 is 7.26 Å². The van der Waals surface area contributed by atoms with E-state index in [1.54, 1.807) is 43.9 Å². The molecule has 0 aromatic rings. The van der Waals surface area contributed by atoms with Crippen LogP contribution in [0.5, 0.6) is 0 Å². The van der Waals surface area contributed by atoms with Crippen molar-refractivity contribution >= 4 is 7.26 Å². The summed E-state index contributed by atoms with van der Waals surface area (Å²) in [5, 5.41) is 0. The third-order valence-electron chi connectivity index (χ3n) is 14.9. The first-order chi connectivity index (χ1) is 30.2. The molecule has 0 spiro atoms. The van der Waals surface area contributed by atoms with Crippen LogP contribution in [0.2, 0.25) is 0 Å². The Labute approximate surface area is 391 Å². The van der Waals surface area contributed by atoms with Gasteiger partial charge in [0.25, 0.3) is 0 Å². The molecule has 0 unspecified atom stereocenters. The second kappa shape index (κ2) is 54.8. The number of rotatable bonds is 56. The fourth-order valence-corrected chi connectivity index (χ4v) is 15.6. The fourth-order valence-electron chi connectivity index (χ4n) is 10.7. The maximum Gasteiger partial charge on any atom is 0.0594 e. The van der Waals surface area contributed by atoms with Gasteiger partial charge in [-0.2, -0.15) is 0 Å². The van der Waals surface area contributed by atoms with Gasteiger partial charge in [0.2, 0.25) is 0 Å². The van der Waals surface area contributed by atoms with E-state index in [-0.39, 0.29) is 0 Å². The molecule has 61 heavy (non-hydrogen) atoms. The molecule has 0 radical (unpaired) electrons. The summed E-state index contributed by atoms with van der Waals surface area (Å²) in [4.78, 5) is 0. The Bertz CT molecular complexity index is 651. The number of unbranched alkanes of at least 4 members (excludes halogenated alkanes) is 48. The predicted molar refractivity (Wildman–Crippen MR) is 289 cm³/mol. The molecular formula is C60H124P+. The van der Waals surface area contributed by atoms with E-state index < -0.39 is 7.26 Å². The van der Waals surface area contributed by atoms with E-state index in [4.69, 9.17) is 0 Å². The molecule has 0 N–H and O–H groups in total. The molecule has 0 nitrogen and oxygen atoms in total. The molecule has 0 aromatic heterocycles. The van der Waals surface area contributed by atoms with Crippen LogP contribution in [0.1, 0.15) is 362 Å². The molecular weight excluding hydrogens is 752 g/mol. The first-order valence-electron chi connectivity index (χ1n) is 30.1. The summed E-state index contributed by atoms with van der Waals surface area (Å²) < 4.78 is 0. The van der Waals surface area contributed by atoms with Gasteiger partial charge >= 0.3 is 0 Å². The molecule has 0 aliphatic carbocycles. The van der Waals surface area contributed by atoms with Crippen molar-refractivity contribution in [1.29, 1.82) is 0 Å². The second-order valence-electron chi connectivity index (χ2n) is 21.2. The lowest BCUT2D eigenvalue weighted by Crippen LogP contribution is -2.13. The van der Waals surface area contributed by atoms with Gasteiger partial charge in [0.1, 0.15) is 0 Å². The summed E-state index contributed by atoms with van der Waals surface area (Å²) in [6.45, 7) is 9.49. The molecule has 0 aromatic carbocycles. The highest BCUT2D eigenvalue weighted by Gasteiger charge is 2.34. The minimum atomic E-state index is -0.766. The Hall–Kier alpha value is 0.430. The van der Waals surface area contributed by atoms with Gasteiger partial charge in [-0.1, -0.05) is 317 Å². The molecule has 1 heteroatoms. The Morgan fingerprint density at radius 2 is 0.262 bits per heavy atom. The van der Waals surface area contributed by atoms with Gasteiger partial charge in [0.15, 0.2) is 0 Å². The zero-order valence-corrected chi connectivity index (χ0v) is 44.9. The summed E-state index contributed by atoms with van der Waals surface area (Å²) >= 11 is 0. The van der Waals surface area contributed by atoms with E-state index in [9.17, 15) is 0 Å². The molecule has 0 fully saturated rings. The number of hydrogen-bond donors (Lipinski definition) is 0. The quantitative estimate of drug-likeness (QED) is 0.0422. The molecule has 0 heterocycles. The average molecular weight is 877 g/mol. The highest BCUT2D eigenvalue weighted by Crippen LogP contribution is 2.61. The minimum absolute atomic E-state index is 0.766. The van der Waals surface area contributed by atoms with E-state index in [1.807, 2.05) is 0 Å². The van der Waals surface area contributed by atoms with E-state index in [0.717, 1.165) is 0 Å². The van der Waals surface area contributed by atoms with Crippen LogP contribution in [0.15, 0.2) is 0 Å². The normalized spacial score (nSPS) is 12.0.